The van der Waals surface area contributed by atoms with E-state index in [2.05, 4.69) is 8.75 Å². The van der Waals surface area contributed by atoms with Crippen LogP contribution < -0.4 is 23.7 Å². The van der Waals surface area contributed by atoms with Crippen LogP contribution in [0.3, 0.4) is 0 Å². The number of carboxylic acids is 1. The van der Waals surface area contributed by atoms with Gasteiger partial charge in [-0.3, -0.25) is 0 Å². The first-order valence-corrected chi connectivity index (χ1v) is 12.9. The van der Waals surface area contributed by atoms with Gasteiger partial charge in [0.15, 0.2) is 23.0 Å². The van der Waals surface area contributed by atoms with Gasteiger partial charge in [0.2, 0.25) is 12.5 Å². The van der Waals surface area contributed by atoms with Crippen molar-refractivity contribution in [2.45, 2.75) is 26.5 Å². The van der Waals surface area contributed by atoms with Crippen molar-refractivity contribution in [3.05, 3.63) is 53.7 Å². The van der Waals surface area contributed by atoms with Gasteiger partial charge in [0, 0.05) is 18.2 Å². The summed E-state index contributed by atoms with van der Waals surface area (Å²) in [5.41, 5.74) is 4.22. The molecule has 10 nitrogen and oxygen atoms in total. The Labute approximate surface area is 227 Å². The first-order valence-electron chi connectivity index (χ1n) is 12.2. The summed E-state index contributed by atoms with van der Waals surface area (Å²) < 4.78 is 39.2. The molecule has 200 valence electrons. The summed E-state index contributed by atoms with van der Waals surface area (Å²) in [5.74, 6) is 1.25. The highest BCUT2D eigenvalue weighted by Crippen LogP contribution is 2.51. The Bertz CT molecular complexity index is 1740. The van der Waals surface area contributed by atoms with Crippen molar-refractivity contribution in [2.24, 2.45) is 0 Å². The van der Waals surface area contributed by atoms with Crippen LogP contribution in [0.25, 0.3) is 33.1 Å². The molecular weight excluding hydrogens is 522 g/mol. The zero-order chi connectivity index (χ0) is 27.3. The fourth-order valence-electron chi connectivity index (χ4n) is 4.95. The van der Waals surface area contributed by atoms with Crippen LogP contribution >= 0.6 is 11.7 Å². The normalized spacial score (nSPS) is 12.4. The number of aromatic carboxylic acids is 1. The number of carbonyl (C=O) groups is 1. The Balaban J connectivity index is 1.69. The topological polar surface area (TPSA) is 114 Å². The molecule has 0 bridgehead atoms. The summed E-state index contributed by atoms with van der Waals surface area (Å²) in [6, 6.07) is 12.9. The smallest absolute Gasteiger partial charge is 0.353 e. The molecule has 3 aromatic carbocycles. The van der Waals surface area contributed by atoms with E-state index in [0.717, 1.165) is 28.3 Å². The van der Waals surface area contributed by atoms with E-state index >= 15 is 0 Å². The minimum absolute atomic E-state index is 0.0856. The fourth-order valence-corrected chi connectivity index (χ4v) is 5.47. The average molecular weight is 548 g/mol. The molecule has 2 aromatic heterocycles. The van der Waals surface area contributed by atoms with E-state index in [-0.39, 0.29) is 25.1 Å². The number of ether oxygens (including phenoxy) is 5. The SMILES string of the molecule is COc1cc2c(c(OC)c1OC(C)C)c(-c1ccc3c(c1)OCO3)c(C(=O)O)n2Cc1ccc2nsnc2c1. The Morgan fingerprint density at radius 1 is 1.03 bits per heavy atom. The van der Waals surface area contributed by atoms with Crippen LogP contribution in [0.1, 0.15) is 29.9 Å². The third-order valence-electron chi connectivity index (χ3n) is 6.53. The van der Waals surface area contributed by atoms with Gasteiger partial charge in [0.25, 0.3) is 0 Å². The van der Waals surface area contributed by atoms with Crippen molar-refractivity contribution in [2.75, 3.05) is 21.0 Å². The van der Waals surface area contributed by atoms with E-state index in [1.807, 2.05) is 38.1 Å². The standard InChI is InChI=1S/C28H25N3O7S/c1-14(2)38-26-22(34-3)11-19-24(27(26)35-4)23(16-6-8-20-21(10-16)37-13-36-20)25(28(32)33)31(19)12-15-5-7-17-18(9-15)30-39-29-17/h5-11,14H,12-13H2,1-4H3,(H,32,33). The van der Waals surface area contributed by atoms with Crippen molar-refractivity contribution >= 4 is 39.6 Å². The van der Waals surface area contributed by atoms with Gasteiger partial charge in [-0.15, -0.1) is 0 Å². The minimum Gasteiger partial charge on any atom is -0.493 e. The fraction of sp³-hybridized carbons (Fsp3) is 0.250. The van der Waals surface area contributed by atoms with Crippen molar-refractivity contribution in [3.63, 3.8) is 0 Å². The quantitative estimate of drug-likeness (QED) is 0.265. The maximum absolute atomic E-state index is 13.0. The van der Waals surface area contributed by atoms with Gasteiger partial charge in [-0.2, -0.15) is 8.75 Å². The summed E-state index contributed by atoms with van der Waals surface area (Å²) in [4.78, 5) is 13.0. The summed E-state index contributed by atoms with van der Waals surface area (Å²) in [6.07, 6.45) is -0.182. The lowest BCUT2D eigenvalue weighted by molar-refractivity contribution is 0.0687. The van der Waals surface area contributed by atoms with Crippen LogP contribution in [0, 0.1) is 0 Å². The number of nitrogens with zero attached hydrogens (tertiary/aromatic N) is 3. The number of methoxy groups -OCH3 is 2. The third kappa shape index (κ3) is 4.15. The third-order valence-corrected chi connectivity index (χ3v) is 7.09. The van der Waals surface area contributed by atoms with Crippen LogP contribution in [0.5, 0.6) is 28.7 Å². The molecule has 3 heterocycles. The molecule has 1 aliphatic heterocycles. The summed E-state index contributed by atoms with van der Waals surface area (Å²) in [6.45, 7) is 4.17. The molecule has 0 saturated heterocycles. The molecular formula is C28H25N3O7S. The second-order valence-corrected chi connectivity index (χ2v) is 9.80. The largest absolute Gasteiger partial charge is 0.493 e. The van der Waals surface area contributed by atoms with Crippen molar-refractivity contribution < 1.29 is 33.6 Å². The molecule has 1 aliphatic rings. The predicted octanol–water partition coefficient (Wildman–Crippen LogP) is 5.59. The van der Waals surface area contributed by atoms with E-state index in [0.29, 0.717) is 50.8 Å². The highest BCUT2D eigenvalue weighted by molar-refractivity contribution is 7.00. The van der Waals surface area contributed by atoms with E-state index in [4.69, 9.17) is 23.7 Å². The van der Waals surface area contributed by atoms with Crippen LogP contribution in [0.2, 0.25) is 0 Å². The Hall–Kier alpha value is -4.51. The molecule has 0 atom stereocenters. The number of hydrogen-bond donors (Lipinski definition) is 1. The van der Waals surface area contributed by atoms with Crippen LogP contribution in [0.4, 0.5) is 0 Å². The van der Waals surface area contributed by atoms with Crippen LogP contribution in [-0.4, -0.2) is 51.5 Å². The number of benzene rings is 3. The minimum atomic E-state index is -1.09. The second kappa shape index (κ2) is 9.66. The average Bonchev–Trinajstić information content (AvgIpc) is 3.65. The predicted molar refractivity (Wildman–Crippen MR) is 146 cm³/mol. The Kier molecular flexibility index (Phi) is 6.15. The summed E-state index contributed by atoms with van der Waals surface area (Å²) in [7, 11) is 3.08. The molecule has 0 unspecified atom stereocenters. The molecule has 0 spiro atoms. The lowest BCUT2D eigenvalue weighted by Gasteiger charge is -2.18. The number of hydrogen-bond acceptors (Lipinski definition) is 9. The molecule has 6 rings (SSSR count). The van der Waals surface area contributed by atoms with Crippen LogP contribution in [0.15, 0.2) is 42.5 Å². The zero-order valence-corrected chi connectivity index (χ0v) is 22.5. The molecule has 0 saturated carbocycles. The maximum Gasteiger partial charge on any atom is 0.353 e. The van der Waals surface area contributed by atoms with Gasteiger partial charge < -0.3 is 33.4 Å². The molecule has 5 aromatic rings. The lowest BCUT2D eigenvalue weighted by atomic mass is 10.00. The van der Waals surface area contributed by atoms with Gasteiger partial charge in [0.05, 0.1) is 43.0 Å². The van der Waals surface area contributed by atoms with E-state index in [1.165, 1.54) is 7.11 Å². The Morgan fingerprint density at radius 3 is 2.56 bits per heavy atom. The highest BCUT2D eigenvalue weighted by atomic mass is 32.1. The van der Waals surface area contributed by atoms with E-state index < -0.39 is 5.97 Å². The van der Waals surface area contributed by atoms with E-state index in [9.17, 15) is 9.90 Å². The van der Waals surface area contributed by atoms with E-state index in [1.54, 1.807) is 29.9 Å². The highest BCUT2D eigenvalue weighted by Gasteiger charge is 2.31. The molecule has 39 heavy (non-hydrogen) atoms. The zero-order valence-electron chi connectivity index (χ0n) is 21.7. The number of rotatable bonds is 8. The monoisotopic (exact) mass is 547 g/mol. The first kappa shape index (κ1) is 24.8. The number of fused-ring (bicyclic) bond motifs is 3. The van der Waals surface area contributed by atoms with Crippen molar-refractivity contribution in [1.29, 1.82) is 0 Å². The Morgan fingerprint density at radius 2 is 1.82 bits per heavy atom. The lowest BCUT2D eigenvalue weighted by Crippen LogP contribution is -2.11. The molecule has 0 radical (unpaired) electrons. The summed E-state index contributed by atoms with van der Waals surface area (Å²) in [5, 5.41) is 11.2. The van der Waals surface area contributed by atoms with Gasteiger partial charge >= 0.3 is 5.97 Å². The molecule has 0 amide bonds. The van der Waals surface area contributed by atoms with Gasteiger partial charge in [0.1, 0.15) is 16.7 Å². The van der Waals surface area contributed by atoms with Gasteiger partial charge in [-0.25, -0.2) is 4.79 Å². The number of aromatic nitrogens is 3. The maximum atomic E-state index is 13.0. The van der Waals surface area contributed by atoms with Crippen molar-refractivity contribution in [1.82, 2.24) is 13.3 Å². The molecule has 1 N–H and O–H groups in total. The van der Waals surface area contributed by atoms with Gasteiger partial charge in [-0.1, -0.05) is 12.1 Å². The molecule has 0 aliphatic carbocycles. The summed E-state index contributed by atoms with van der Waals surface area (Å²) >= 11 is 1.14. The second-order valence-electron chi connectivity index (χ2n) is 9.27. The van der Waals surface area contributed by atoms with Crippen molar-refractivity contribution in [3.8, 4) is 39.9 Å². The molecule has 11 heteroatoms. The first-order chi connectivity index (χ1) is 18.9. The number of carboxylic acid groups (broad SMARTS) is 1. The van der Waals surface area contributed by atoms with Gasteiger partial charge in [-0.05, 0) is 49.2 Å². The molecule has 0 fully saturated rings. The van der Waals surface area contributed by atoms with Crippen LogP contribution in [-0.2, 0) is 6.54 Å².